The van der Waals surface area contributed by atoms with Crippen LogP contribution in [-0.2, 0) is 31.9 Å². The molecule has 0 aromatic heterocycles. The number of rotatable bonds is 21. The van der Waals surface area contributed by atoms with E-state index in [0.717, 1.165) is 35.1 Å². The number of benzene rings is 3. The summed E-state index contributed by atoms with van der Waals surface area (Å²) in [7, 11) is 0. The Morgan fingerprint density at radius 3 is 1.80 bits per heavy atom. The molecule has 3 aromatic carbocycles. The summed E-state index contributed by atoms with van der Waals surface area (Å²) < 4.78 is 33.0. The van der Waals surface area contributed by atoms with Crippen molar-refractivity contribution in [1.29, 1.82) is 0 Å². The molecule has 3 rings (SSSR count). The molecule has 0 bridgehead atoms. The minimum absolute atomic E-state index is 0.161. The van der Waals surface area contributed by atoms with Crippen LogP contribution in [0.1, 0.15) is 70.4 Å². The Balaban J connectivity index is 2.01. The van der Waals surface area contributed by atoms with Crippen molar-refractivity contribution < 1.29 is 38.4 Å². The van der Waals surface area contributed by atoms with E-state index in [1.165, 1.54) is 6.07 Å². The van der Waals surface area contributed by atoms with E-state index < -0.39 is 17.4 Å². The maximum absolute atomic E-state index is 15.8. The van der Waals surface area contributed by atoms with E-state index >= 15 is 4.39 Å². The Hall–Kier alpha value is -4.27. The number of aliphatic hydroxyl groups excluding tert-OH is 2. The van der Waals surface area contributed by atoms with Gasteiger partial charge >= 0.3 is 11.9 Å². The van der Waals surface area contributed by atoms with Crippen LogP contribution in [0.4, 0.5) is 4.39 Å². The number of ether oxygens (including phenoxy) is 3. The molecule has 49 heavy (non-hydrogen) atoms. The lowest BCUT2D eigenvalue weighted by molar-refractivity contribution is -0.139. The van der Waals surface area contributed by atoms with Crippen molar-refractivity contribution >= 4 is 11.9 Å². The van der Waals surface area contributed by atoms with E-state index in [-0.39, 0.29) is 38.9 Å². The van der Waals surface area contributed by atoms with Crippen LogP contribution in [0.5, 0.6) is 5.75 Å². The summed E-state index contributed by atoms with van der Waals surface area (Å²) in [6.45, 7) is 12.8. The van der Waals surface area contributed by atoms with Gasteiger partial charge in [-0.05, 0) is 98.4 Å². The highest BCUT2D eigenvalue weighted by molar-refractivity contribution is 5.87. The zero-order chi connectivity index (χ0) is 35.8. The first-order chi connectivity index (χ1) is 23.5. The predicted molar refractivity (Wildman–Crippen MR) is 192 cm³/mol. The van der Waals surface area contributed by atoms with Crippen LogP contribution in [0.15, 0.2) is 85.0 Å². The van der Waals surface area contributed by atoms with E-state index in [1.807, 2.05) is 48.5 Å². The zero-order valence-corrected chi connectivity index (χ0v) is 29.2. The second-order valence-corrected chi connectivity index (χ2v) is 12.7. The average Bonchev–Trinajstić information content (AvgIpc) is 3.10. The van der Waals surface area contributed by atoms with Gasteiger partial charge in [0.2, 0.25) is 0 Å². The fourth-order valence-electron chi connectivity index (χ4n) is 5.54. The van der Waals surface area contributed by atoms with Gasteiger partial charge in [0.25, 0.3) is 0 Å². The van der Waals surface area contributed by atoms with Crippen LogP contribution in [0, 0.1) is 11.2 Å². The molecule has 2 N–H and O–H groups in total. The van der Waals surface area contributed by atoms with Gasteiger partial charge in [0.15, 0.2) is 0 Å². The number of hydrogen-bond acceptors (Lipinski definition) is 7. The maximum Gasteiger partial charge on any atom is 0.333 e. The fraction of sp³-hybridized carbons (Fsp3) is 0.415. The van der Waals surface area contributed by atoms with Gasteiger partial charge in [0.05, 0.1) is 33.0 Å². The van der Waals surface area contributed by atoms with E-state index in [0.29, 0.717) is 66.5 Å². The molecule has 0 aliphatic heterocycles. The van der Waals surface area contributed by atoms with E-state index in [2.05, 4.69) is 20.1 Å². The van der Waals surface area contributed by atoms with Crippen molar-refractivity contribution in [2.45, 2.75) is 72.1 Å². The molecular weight excluding hydrogens is 623 g/mol. The fourth-order valence-corrected chi connectivity index (χ4v) is 5.54. The standard InChI is InChI=1S/C41H51FO7/c1-6-7-19-41(27-43,28-44)20-23-47-38-33(15-11-21-48-39(45)29(2)3)24-35(25-34(38)16-12-22-49-40(46)30(4)5)36-18-17-32(26-37(36)42)31-13-9-8-10-14-31/h8-10,13-14,17-18,24-26,43-44H,2,4,6-7,11-12,15-16,19-23,27-28H2,1,3,5H3. The van der Waals surface area contributed by atoms with Crippen LogP contribution in [-0.4, -0.2) is 55.2 Å². The minimum atomic E-state index is -0.673. The Morgan fingerprint density at radius 1 is 0.735 bits per heavy atom. The first kappa shape index (κ1) is 39.2. The van der Waals surface area contributed by atoms with Gasteiger partial charge in [-0.1, -0.05) is 75.4 Å². The lowest BCUT2D eigenvalue weighted by atomic mass is 9.81. The molecule has 8 heteroatoms. The molecule has 0 radical (unpaired) electrons. The zero-order valence-electron chi connectivity index (χ0n) is 29.2. The largest absolute Gasteiger partial charge is 0.493 e. The van der Waals surface area contributed by atoms with Crippen molar-refractivity contribution in [1.82, 2.24) is 0 Å². The molecule has 0 amide bonds. The molecule has 0 aliphatic rings. The van der Waals surface area contributed by atoms with Crippen LogP contribution >= 0.6 is 0 Å². The summed E-state index contributed by atoms with van der Waals surface area (Å²) in [5.41, 5.74) is 4.32. The molecule has 7 nitrogen and oxygen atoms in total. The molecule has 0 heterocycles. The van der Waals surface area contributed by atoms with Crippen molar-refractivity contribution in [3.63, 3.8) is 0 Å². The van der Waals surface area contributed by atoms with Gasteiger partial charge in [-0.25, -0.2) is 14.0 Å². The smallest absolute Gasteiger partial charge is 0.333 e. The summed E-state index contributed by atoms with van der Waals surface area (Å²) in [6, 6.07) is 18.6. The maximum atomic E-state index is 15.8. The van der Waals surface area contributed by atoms with Gasteiger partial charge in [0, 0.05) is 22.1 Å². The second kappa shape index (κ2) is 19.7. The van der Waals surface area contributed by atoms with Crippen LogP contribution < -0.4 is 4.74 Å². The lowest BCUT2D eigenvalue weighted by Gasteiger charge is -2.30. The molecule has 0 fully saturated rings. The average molecular weight is 675 g/mol. The molecule has 3 aromatic rings. The van der Waals surface area contributed by atoms with Crippen molar-refractivity contribution in [2.75, 3.05) is 33.0 Å². The molecule has 0 spiro atoms. The number of halogens is 1. The number of aliphatic hydroxyl groups is 2. The van der Waals surface area contributed by atoms with Gasteiger partial charge in [0.1, 0.15) is 11.6 Å². The third-order valence-corrected chi connectivity index (χ3v) is 8.58. The summed E-state index contributed by atoms with van der Waals surface area (Å²) >= 11 is 0. The summed E-state index contributed by atoms with van der Waals surface area (Å²) in [5.74, 6) is -0.688. The van der Waals surface area contributed by atoms with Crippen molar-refractivity contribution in [2.24, 2.45) is 5.41 Å². The van der Waals surface area contributed by atoms with E-state index in [9.17, 15) is 19.8 Å². The molecule has 0 aliphatic carbocycles. The highest BCUT2D eigenvalue weighted by Gasteiger charge is 2.28. The quantitative estimate of drug-likeness (QED) is 0.0667. The van der Waals surface area contributed by atoms with Gasteiger partial charge in [-0.15, -0.1) is 0 Å². The number of carbonyl (C=O) groups excluding carboxylic acids is 2. The van der Waals surface area contributed by atoms with Gasteiger partial charge in [-0.3, -0.25) is 0 Å². The predicted octanol–water partition coefficient (Wildman–Crippen LogP) is 8.19. The van der Waals surface area contributed by atoms with Crippen molar-refractivity contribution in [3.8, 4) is 28.0 Å². The van der Waals surface area contributed by atoms with Crippen molar-refractivity contribution in [3.05, 3.63) is 102 Å². The van der Waals surface area contributed by atoms with Gasteiger partial charge < -0.3 is 24.4 Å². The second-order valence-electron chi connectivity index (χ2n) is 12.7. The first-order valence-corrected chi connectivity index (χ1v) is 17.0. The normalized spacial score (nSPS) is 11.2. The SMILES string of the molecule is C=C(C)C(=O)OCCCc1cc(-c2ccc(-c3ccccc3)cc2F)cc(CCCOC(=O)C(=C)C)c1OCCC(CO)(CO)CCCC. The summed E-state index contributed by atoms with van der Waals surface area (Å²) in [6.07, 6.45) is 4.81. The summed E-state index contributed by atoms with van der Waals surface area (Å²) in [5, 5.41) is 20.4. The lowest BCUT2D eigenvalue weighted by Crippen LogP contribution is -2.32. The number of hydrogen-bond donors (Lipinski definition) is 2. The topological polar surface area (TPSA) is 102 Å². The van der Waals surface area contributed by atoms with Crippen LogP contribution in [0.2, 0.25) is 0 Å². The first-order valence-electron chi connectivity index (χ1n) is 17.0. The molecule has 264 valence electrons. The Labute approximate surface area is 290 Å². The Morgan fingerprint density at radius 2 is 1.31 bits per heavy atom. The number of carbonyl (C=O) groups is 2. The van der Waals surface area contributed by atoms with E-state index in [1.54, 1.807) is 19.9 Å². The monoisotopic (exact) mass is 674 g/mol. The number of unbranched alkanes of at least 4 members (excludes halogenated alkanes) is 1. The molecule has 0 unspecified atom stereocenters. The molecule has 0 atom stereocenters. The van der Waals surface area contributed by atoms with E-state index in [4.69, 9.17) is 14.2 Å². The third-order valence-electron chi connectivity index (χ3n) is 8.58. The molecule has 0 saturated heterocycles. The number of aryl methyl sites for hydroxylation is 2. The van der Waals surface area contributed by atoms with Crippen LogP contribution in [0.25, 0.3) is 22.3 Å². The third kappa shape index (κ3) is 11.7. The highest BCUT2D eigenvalue weighted by atomic mass is 19.1. The minimum Gasteiger partial charge on any atom is -0.493 e. The van der Waals surface area contributed by atoms with Crippen LogP contribution in [0.3, 0.4) is 0 Å². The Kier molecular flexibility index (Phi) is 15.7. The van der Waals surface area contributed by atoms with Gasteiger partial charge in [-0.2, -0.15) is 0 Å². The highest BCUT2D eigenvalue weighted by Crippen LogP contribution is 2.36. The Bertz CT molecular complexity index is 1500. The molecular formula is C41H51FO7. The summed E-state index contributed by atoms with van der Waals surface area (Å²) in [4.78, 5) is 24.0. The number of esters is 2. The molecule has 0 saturated carbocycles.